The molecule has 0 atom stereocenters. The molecule has 6 heteroatoms. The molecular formula is C8H11FN2O2S. The van der Waals surface area contributed by atoms with Crippen molar-refractivity contribution in [2.24, 2.45) is 0 Å². The van der Waals surface area contributed by atoms with E-state index in [1.807, 2.05) is 0 Å². The maximum Gasteiger partial charge on any atom is 0.232 e. The van der Waals surface area contributed by atoms with E-state index in [9.17, 15) is 12.8 Å². The van der Waals surface area contributed by atoms with E-state index in [2.05, 4.69) is 0 Å². The third kappa shape index (κ3) is 2.14. The normalized spacial score (nSPS) is 11.4. The number of rotatable bonds is 2. The third-order valence-corrected chi connectivity index (χ3v) is 3.02. The van der Waals surface area contributed by atoms with E-state index >= 15 is 0 Å². The molecule has 14 heavy (non-hydrogen) atoms. The number of nitrogen functional groups attached to an aromatic ring is 1. The Hall–Kier alpha value is -1.30. The number of nitrogens with zero attached hydrogens (tertiary/aromatic N) is 1. The number of halogens is 1. The highest BCUT2D eigenvalue weighted by molar-refractivity contribution is 7.92. The number of hydrogen-bond donors (Lipinski definition) is 1. The third-order valence-electron chi connectivity index (χ3n) is 1.83. The van der Waals surface area contributed by atoms with Crippen molar-refractivity contribution in [2.45, 2.75) is 0 Å². The fourth-order valence-corrected chi connectivity index (χ4v) is 1.51. The highest BCUT2D eigenvalue weighted by Crippen LogP contribution is 2.24. The van der Waals surface area contributed by atoms with Crippen LogP contribution in [0.5, 0.6) is 0 Å². The molecule has 1 aromatic carbocycles. The van der Waals surface area contributed by atoms with Crippen molar-refractivity contribution in [1.29, 1.82) is 0 Å². The molecule has 0 saturated carbocycles. The first-order chi connectivity index (χ1) is 6.32. The molecule has 0 bridgehead atoms. The molecule has 1 aromatic rings. The van der Waals surface area contributed by atoms with E-state index in [-0.39, 0.29) is 11.4 Å². The van der Waals surface area contributed by atoms with Crippen LogP contribution in [0.2, 0.25) is 0 Å². The zero-order chi connectivity index (χ0) is 10.9. The SMILES string of the molecule is CN(c1ccc(F)cc1N)S(C)(=O)=O. The van der Waals surface area contributed by atoms with Gasteiger partial charge in [-0.05, 0) is 18.2 Å². The Labute approximate surface area is 82.2 Å². The molecule has 0 aliphatic carbocycles. The molecule has 0 saturated heterocycles. The summed E-state index contributed by atoms with van der Waals surface area (Å²) < 4.78 is 36.0. The Balaban J connectivity index is 3.21. The molecule has 0 amide bonds. The van der Waals surface area contributed by atoms with E-state index in [0.29, 0.717) is 0 Å². The van der Waals surface area contributed by atoms with Gasteiger partial charge in [0.05, 0.1) is 17.6 Å². The van der Waals surface area contributed by atoms with Gasteiger partial charge in [-0.3, -0.25) is 4.31 Å². The Morgan fingerprint density at radius 1 is 1.43 bits per heavy atom. The molecule has 0 unspecified atom stereocenters. The van der Waals surface area contributed by atoms with Gasteiger partial charge in [-0.15, -0.1) is 0 Å². The standard InChI is InChI=1S/C8H11FN2O2S/c1-11(14(2,12)13)8-4-3-6(9)5-7(8)10/h3-5H,10H2,1-2H3. The second kappa shape index (κ2) is 3.45. The summed E-state index contributed by atoms with van der Waals surface area (Å²) in [4.78, 5) is 0. The summed E-state index contributed by atoms with van der Waals surface area (Å²) in [6.07, 6.45) is 1.05. The quantitative estimate of drug-likeness (QED) is 0.747. The summed E-state index contributed by atoms with van der Waals surface area (Å²) in [5.74, 6) is -0.492. The van der Waals surface area contributed by atoms with Gasteiger partial charge in [-0.25, -0.2) is 12.8 Å². The Bertz CT molecular complexity index is 445. The lowest BCUT2D eigenvalue weighted by Gasteiger charge is -2.18. The van der Waals surface area contributed by atoms with Crippen molar-refractivity contribution in [3.05, 3.63) is 24.0 Å². The number of hydrogen-bond acceptors (Lipinski definition) is 3. The molecule has 0 fully saturated rings. The zero-order valence-electron chi connectivity index (χ0n) is 7.86. The highest BCUT2D eigenvalue weighted by atomic mass is 32.2. The molecule has 4 nitrogen and oxygen atoms in total. The number of nitrogens with two attached hydrogens (primary N) is 1. The van der Waals surface area contributed by atoms with E-state index in [4.69, 9.17) is 5.73 Å². The summed E-state index contributed by atoms with van der Waals surface area (Å²) in [6, 6.07) is 3.57. The second-order valence-corrected chi connectivity index (χ2v) is 4.95. The summed E-state index contributed by atoms with van der Waals surface area (Å²) in [5, 5.41) is 0. The van der Waals surface area contributed by atoms with Crippen LogP contribution >= 0.6 is 0 Å². The fraction of sp³-hybridized carbons (Fsp3) is 0.250. The minimum Gasteiger partial charge on any atom is -0.397 e. The van der Waals surface area contributed by atoms with Crippen LogP contribution in [-0.2, 0) is 10.0 Å². The maximum absolute atomic E-state index is 12.7. The molecule has 0 heterocycles. The number of benzene rings is 1. The van der Waals surface area contributed by atoms with Crippen molar-refractivity contribution in [1.82, 2.24) is 0 Å². The van der Waals surface area contributed by atoms with Gasteiger partial charge in [0.25, 0.3) is 0 Å². The molecule has 2 N–H and O–H groups in total. The monoisotopic (exact) mass is 218 g/mol. The minimum atomic E-state index is -3.36. The summed E-state index contributed by atoms with van der Waals surface area (Å²) >= 11 is 0. The Morgan fingerprint density at radius 2 is 2.00 bits per heavy atom. The second-order valence-electron chi connectivity index (χ2n) is 2.93. The smallest absolute Gasteiger partial charge is 0.232 e. The van der Waals surface area contributed by atoms with Gasteiger partial charge in [0.1, 0.15) is 5.82 Å². The van der Waals surface area contributed by atoms with Crippen LogP contribution in [-0.4, -0.2) is 21.7 Å². The van der Waals surface area contributed by atoms with E-state index in [0.717, 1.165) is 22.7 Å². The van der Waals surface area contributed by atoms with Gasteiger partial charge in [0, 0.05) is 7.05 Å². The Kier molecular flexibility index (Phi) is 2.66. The Morgan fingerprint density at radius 3 is 2.43 bits per heavy atom. The maximum atomic E-state index is 12.7. The average Bonchev–Trinajstić information content (AvgIpc) is 2.01. The van der Waals surface area contributed by atoms with Crippen LogP contribution in [0.1, 0.15) is 0 Å². The van der Waals surface area contributed by atoms with Gasteiger partial charge >= 0.3 is 0 Å². The van der Waals surface area contributed by atoms with Crippen molar-refractivity contribution in [2.75, 3.05) is 23.3 Å². The first-order valence-corrected chi connectivity index (χ1v) is 5.66. The van der Waals surface area contributed by atoms with Crippen LogP contribution in [0.15, 0.2) is 18.2 Å². The highest BCUT2D eigenvalue weighted by Gasteiger charge is 2.14. The van der Waals surface area contributed by atoms with Crippen LogP contribution in [0.25, 0.3) is 0 Å². The molecular weight excluding hydrogens is 207 g/mol. The van der Waals surface area contributed by atoms with Gasteiger partial charge < -0.3 is 5.73 Å². The summed E-state index contributed by atoms with van der Waals surface area (Å²) in [7, 11) is -2.00. The number of anilines is 2. The average molecular weight is 218 g/mol. The van der Waals surface area contributed by atoms with Crippen molar-refractivity contribution < 1.29 is 12.8 Å². The van der Waals surface area contributed by atoms with Gasteiger partial charge in [-0.2, -0.15) is 0 Å². The molecule has 0 radical (unpaired) electrons. The topological polar surface area (TPSA) is 63.4 Å². The van der Waals surface area contributed by atoms with Crippen molar-refractivity contribution in [3.8, 4) is 0 Å². The molecule has 1 rings (SSSR count). The zero-order valence-corrected chi connectivity index (χ0v) is 8.68. The van der Waals surface area contributed by atoms with Gasteiger partial charge in [0.15, 0.2) is 0 Å². The fourth-order valence-electron chi connectivity index (χ4n) is 0.991. The van der Waals surface area contributed by atoms with Gasteiger partial charge in [-0.1, -0.05) is 0 Å². The van der Waals surface area contributed by atoms with E-state index in [1.54, 1.807) is 0 Å². The van der Waals surface area contributed by atoms with Crippen LogP contribution in [0.4, 0.5) is 15.8 Å². The number of sulfonamides is 1. The van der Waals surface area contributed by atoms with Crippen LogP contribution < -0.4 is 10.0 Å². The van der Waals surface area contributed by atoms with Crippen molar-refractivity contribution in [3.63, 3.8) is 0 Å². The van der Waals surface area contributed by atoms with Crippen LogP contribution in [0.3, 0.4) is 0 Å². The molecule has 0 aliphatic rings. The molecule has 0 spiro atoms. The molecule has 78 valence electrons. The predicted molar refractivity (Wildman–Crippen MR) is 54.1 cm³/mol. The first kappa shape index (κ1) is 10.8. The first-order valence-electron chi connectivity index (χ1n) is 3.81. The lowest BCUT2D eigenvalue weighted by Crippen LogP contribution is -2.25. The van der Waals surface area contributed by atoms with Crippen LogP contribution in [0, 0.1) is 5.82 Å². The minimum absolute atomic E-state index is 0.0953. The summed E-state index contributed by atoms with van der Waals surface area (Å²) in [6.45, 7) is 0. The molecule has 0 aliphatic heterocycles. The molecule has 0 aromatic heterocycles. The predicted octanol–water partition coefficient (Wildman–Crippen LogP) is 0.804. The van der Waals surface area contributed by atoms with Crippen molar-refractivity contribution >= 4 is 21.4 Å². The lowest BCUT2D eigenvalue weighted by atomic mass is 10.2. The van der Waals surface area contributed by atoms with E-state index < -0.39 is 15.8 Å². The largest absolute Gasteiger partial charge is 0.397 e. The van der Waals surface area contributed by atoms with E-state index in [1.165, 1.54) is 13.1 Å². The summed E-state index contributed by atoms with van der Waals surface area (Å²) in [5.41, 5.74) is 5.84. The lowest BCUT2D eigenvalue weighted by molar-refractivity contribution is 0.600. The van der Waals surface area contributed by atoms with Gasteiger partial charge in [0.2, 0.25) is 10.0 Å².